The van der Waals surface area contributed by atoms with Crippen LogP contribution < -0.4 is 0 Å². The van der Waals surface area contributed by atoms with E-state index in [1.807, 2.05) is 0 Å². The Hall–Kier alpha value is -0.160. The summed E-state index contributed by atoms with van der Waals surface area (Å²) in [5.74, 6) is 0.834. The zero-order chi connectivity index (χ0) is 17.9. The van der Waals surface area contributed by atoms with Crippen LogP contribution in [0, 0.1) is 11.3 Å². The van der Waals surface area contributed by atoms with Crippen LogP contribution in [0.15, 0.2) is 0 Å². The first-order chi connectivity index (χ1) is 12.0. The monoisotopic (exact) mass is 351 g/mol. The summed E-state index contributed by atoms with van der Waals surface area (Å²) in [5, 5.41) is 0. The molecular weight excluding hydrogens is 310 g/mol. The number of piperazine rings is 1. The molecular formula is C21H41N3O. The summed E-state index contributed by atoms with van der Waals surface area (Å²) >= 11 is 0. The third-order valence-electron chi connectivity index (χ3n) is 6.66. The van der Waals surface area contributed by atoms with Gasteiger partial charge < -0.3 is 4.74 Å². The first kappa shape index (κ1) is 19.6. The van der Waals surface area contributed by atoms with Gasteiger partial charge in [-0.15, -0.1) is 0 Å². The fourth-order valence-corrected chi connectivity index (χ4v) is 4.91. The normalized spacial score (nSPS) is 29.9. The van der Waals surface area contributed by atoms with Gasteiger partial charge in [0.25, 0.3) is 0 Å². The molecule has 2 atom stereocenters. The number of rotatable bonds is 8. The van der Waals surface area contributed by atoms with Gasteiger partial charge in [-0.3, -0.25) is 14.7 Å². The van der Waals surface area contributed by atoms with Gasteiger partial charge in [0.1, 0.15) is 0 Å². The van der Waals surface area contributed by atoms with Gasteiger partial charge >= 0.3 is 0 Å². The van der Waals surface area contributed by atoms with E-state index in [0.29, 0.717) is 11.5 Å². The lowest BCUT2D eigenvalue weighted by atomic mass is 9.93. The topological polar surface area (TPSA) is 19.0 Å². The predicted molar refractivity (Wildman–Crippen MR) is 105 cm³/mol. The second-order valence-electron chi connectivity index (χ2n) is 9.42. The molecule has 3 fully saturated rings. The third-order valence-corrected chi connectivity index (χ3v) is 6.66. The molecule has 0 amide bonds. The maximum atomic E-state index is 6.13. The van der Waals surface area contributed by atoms with Crippen LogP contribution in [0.3, 0.4) is 0 Å². The Morgan fingerprint density at radius 1 is 1.00 bits per heavy atom. The van der Waals surface area contributed by atoms with Crippen molar-refractivity contribution in [3.8, 4) is 0 Å². The highest BCUT2D eigenvalue weighted by molar-refractivity contribution is 4.97. The van der Waals surface area contributed by atoms with Crippen LogP contribution in [-0.2, 0) is 4.74 Å². The highest BCUT2D eigenvalue weighted by Gasteiger charge is 2.44. The zero-order valence-electron chi connectivity index (χ0n) is 17.2. The van der Waals surface area contributed by atoms with Crippen LogP contribution in [0.5, 0.6) is 0 Å². The van der Waals surface area contributed by atoms with Gasteiger partial charge in [0.05, 0.1) is 12.7 Å². The molecule has 1 saturated carbocycles. The quantitative estimate of drug-likeness (QED) is 0.669. The highest BCUT2D eigenvalue weighted by atomic mass is 16.5. The van der Waals surface area contributed by atoms with Crippen molar-refractivity contribution < 1.29 is 4.74 Å². The number of morpholine rings is 1. The fraction of sp³-hybridized carbons (Fsp3) is 1.00. The smallest absolute Gasteiger partial charge is 0.0829 e. The molecule has 3 rings (SSSR count). The Bertz CT molecular complexity index is 402. The van der Waals surface area contributed by atoms with E-state index >= 15 is 0 Å². The van der Waals surface area contributed by atoms with E-state index < -0.39 is 0 Å². The van der Waals surface area contributed by atoms with Crippen LogP contribution in [0.4, 0.5) is 0 Å². The largest absolute Gasteiger partial charge is 0.374 e. The van der Waals surface area contributed by atoms with E-state index in [1.165, 1.54) is 58.4 Å². The minimum Gasteiger partial charge on any atom is -0.374 e. The maximum absolute atomic E-state index is 6.13. The van der Waals surface area contributed by atoms with Crippen molar-refractivity contribution in [2.45, 2.75) is 65.5 Å². The molecule has 0 aromatic carbocycles. The van der Waals surface area contributed by atoms with Gasteiger partial charge in [-0.1, -0.05) is 20.8 Å². The first-order valence-electron chi connectivity index (χ1n) is 10.8. The van der Waals surface area contributed by atoms with Gasteiger partial charge in [-0.25, -0.2) is 0 Å². The second kappa shape index (κ2) is 8.69. The summed E-state index contributed by atoms with van der Waals surface area (Å²) in [5.41, 5.74) is 0.651. The molecule has 0 N–H and O–H groups in total. The Labute approximate surface area is 155 Å². The van der Waals surface area contributed by atoms with Crippen LogP contribution >= 0.6 is 0 Å². The van der Waals surface area contributed by atoms with Crippen LogP contribution in [-0.4, -0.2) is 85.8 Å². The molecule has 4 nitrogen and oxygen atoms in total. The number of hydrogen-bond donors (Lipinski definition) is 0. The summed E-state index contributed by atoms with van der Waals surface area (Å²) in [7, 11) is 0. The lowest BCUT2D eigenvalue weighted by molar-refractivity contribution is -0.0546. The van der Waals surface area contributed by atoms with Crippen molar-refractivity contribution in [2.75, 3.05) is 59.0 Å². The lowest BCUT2D eigenvalue weighted by Gasteiger charge is -2.41. The number of ether oxygens (including phenoxy) is 1. The summed E-state index contributed by atoms with van der Waals surface area (Å²) < 4.78 is 6.13. The van der Waals surface area contributed by atoms with E-state index in [1.54, 1.807) is 0 Å². The summed E-state index contributed by atoms with van der Waals surface area (Å²) in [6, 6.07) is 0.735. The molecule has 0 radical (unpaired) electrons. The Kier molecular flexibility index (Phi) is 6.81. The minimum atomic E-state index is 0.416. The lowest BCUT2D eigenvalue weighted by Crippen LogP contribution is -2.54. The van der Waals surface area contributed by atoms with E-state index in [9.17, 15) is 0 Å². The number of hydrogen-bond acceptors (Lipinski definition) is 4. The molecule has 25 heavy (non-hydrogen) atoms. The van der Waals surface area contributed by atoms with Crippen molar-refractivity contribution in [3.05, 3.63) is 0 Å². The maximum Gasteiger partial charge on any atom is 0.0829 e. The molecule has 0 spiro atoms. The van der Waals surface area contributed by atoms with Crippen molar-refractivity contribution in [1.29, 1.82) is 0 Å². The second-order valence-corrected chi connectivity index (χ2v) is 9.42. The van der Waals surface area contributed by atoms with E-state index in [0.717, 1.165) is 38.2 Å². The highest BCUT2D eigenvalue weighted by Crippen LogP contribution is 2.51. The van der Waals surface area contributed by atoms with Crippen molar-refractivity contribution in [2.24, 2.45) is 11.3 Å². The Morgan fingerprint density at radius 2 is 1.72 bits per heavy atom. The Morgan fingerprint density at radius 3 is 2.32 bits per heavy atom. The molecule has 2 heterocycles. The molecule has 1 unspecified atom stereocenters. The van der Waals surface area contributed by atoms with Gasteiger partial charge in [0.2, 0.25) is 0 Å². The number of nitrogens with zero attached hydrogens (tertiary/aromatic N) is 3. The van der Waals surface area contributed by atoms with Crippen LogP contribution in [0.1, 0.15) is 53.4 Å². The van der Waals surface area contributed by atoms with Crippen LogP contribution in [0.25, 0.3) is 0 Å². The Balaban J connectivity index is 1.40. The molecule has 2 saturated heterocycles. The summed E-state index contributed by atoms with van der Waals surface area (Å²) in [6.45, 7) is 19.9. The zero-order valence-corrected chi connectivity index (χ0v) is 17.2. The molecule has 3 aliphatic rings. The first-order valence-corrected chi connectivity index (χ1v) is 10.8. The van der Waals surface area contributed by atoms with Crippen LogP contribution in [0.2, 0.25) is 0 Å². The predicted octanol–water partition coefficient (Wildman–Crippen LogP) is 2.93. The van der Waals surface area contributed by atoms with Gasteiger partial charge in [-0.2, -0.15) is 0 Å². The van der Waals surface area contributed by atoms with Gasteiger partial charge in [0.15, 0.2) is 0 Å². The SMILES string of the molecule is CCC(C)N1CCN(C[C@H]2CN(CC3(CC(C)C)CC3)CCO2)CC1. The van der Waals surface area contributed by atoms with Crippen molar-refractivity contribution >= 4 is 0 Å². The van der Waals surface area contributed by atoms with E-state index in [2.05, 4.69) is 42.4 Å². The molecule has 2 aliphatic heterocycles. The fourth-order valence-electron chi connectivity index (χ4n) is 4.91. The van der Waals surface area contributed by atoms with E-state index in [-0.39, 0.29) is 0 Å². The summed E-state index contributed by atoms with van der Waals surface area (Å²) in [6.07, 6.45) is 5.99. The summed E-state index contributed by atoms with van der Waals surface area (Å²) in [4.78, 5) is 7.99. The third kappa shape index (κ3) is 5.66. The molecule has 0 aromatic rings. The minimum absolute atomic E-state index is 0.416. The average molecular weight is 352 g/mol. The van der Waals surface area contributed by atoms with Gasteiger partial charge in [0, 0.05) is 58.4 Å². The standard InChI is InChI=1S/C21H41N3O/c1-5-19(4)24-10-8-22(9-11-24)15-20-16-23(12-13-25-20)17-21(6-7-21)14-18(2)3/h18-20H,5-17H2,1-4H3/t19?,20-/m0/s1. The molecule has 0 aromatic heterocycles. The van der Waals surface area contributed by atoms with E-state index in [4.69, 9.17) is 4.74 Å². The molecule has 1 aliphatic carbocycles. The average Bonchev–Trinajstić information content (AvgIpc) is 3.33. The molecule has 146 valence electrons. The van der Waals surface area contributed by atoms with Crippen molar-refractivity contribution in [3.63, 3.8) is 0 Å². The molecule has 4 heteroatoms. The van der Waals surface area contributed by atoms with Gasteiger partial charge in [-0.05, 0) is 43.9 Å². The molecule has 0 bridgehead atoms. The van der Waals surface area contributed by atoms with Crippen molar-refractivity contribution in [1.82, 2.24) is 14.7 Å².